The van der Waals surface area contributed by atoms with Gasteiger partial charge in [0.05, 0.1) is 14.2 Å². The molecule has 4 atom stereocenters. The molecule has 0 bridgehead atoms. The van der Waals surface area contributed by atoms with Crippen LogP contribution in [0.2, 0.25) is 0 Å². The van der Waals surface area contributed by atoms with Gasteiger partial charge in [0.1, 0.15) is 10.8 Å². The van der Waals surface area contributed by atoms with E-state index in [1.165, 1.54) is 14.2 Å². The first kappa shape index (κ1) is 15.4. The molecule has 0 heterocycles. The molecule has 4 unspecified atom stereocenters. The third-order valence-electron chi connectivity index (χ3n) is 6.94. The van der Waals surface area contributed by atoms with E-state index < -0.39 is 16.2 Å². The second-order valence-corrected chi connectivity index (χ2v) is 7.52. The fourth-order valence-corrected chi connectivity index (χ4v) is 6.19. The average Bonchev–Trinajstić information content (AvgIpc) is 2.87. The first-order valence-electron chi connectivity index (χ1n) is 8.24. The molecular weight excluding hydrogens is 304 g/mol. The van der Waals surface area contributed by atoms with Crippen LogP contribution in [0.25, 0.3) is 0 Å². The first-order valence-corrected chi connectivity index (χ1v) is 8.24. The Hall–Kier alpha value is -2.10. The molecule has 0 aliphatic heterocycles. The number of allylic oxidation sites excluding steroid dienone is 1. The third-order valence-corrected chi connectivity index (χ3v) is 6.94. The summed E-state index contributed by atoms with van der Waals surface area (Å²) in [4.78, 5) is 26.2. The Morgan fingerprint density at radius 2 is 1.50 bits per heavy atom. The molecular formula is C20H22O4. The number of hydrogen-bond donors (Lipinski definition) is 0. The molecule has 0 N–H and O–H groups in total. The monoisotopic (exact) mass is 326 g/mol. The van der Waals surface area contributed by atoms with Crippen LogP contribution >= 0.6 is 0 Å². The van der Waals surface area contributed by atoms with E-state index in [0.29, 0.717) is 0 Å². The van der Waals surface area contributed by atoms with Crippen molar-refractivity contribution in [3.63, 3.8) is 0 Å². The third kappa shape index (κ3) is 1.09. The summed E-state index contributed by atoms with van der Waals surface area (Å²) in [6.45, 7) is 8.08. The van der Waals surface area contributed by atoms with Gasteiger partial charge >= 0.3 is 11.9 Å². The normalized spacial score (nSPS) is 37.4. The SMILES string of the molecule is COC(=O)C12C(C)=CC3C(C)(c4c(C)ccc(C)c41)C32C(=O)OC. The van der Waals surface area contributed by atoms with Gasteiger partial charge in [-0.3, -0.25) is 9.59 Å². The van der Waals surface area contributed by atoms with E-state index in [1.807, 2.05) is 19.9 Å². The van der Waals surface area contributed by atoms with Crippen molar-refractivity contribution in [2.45, 2.75) is 38.5 Å². The maximum atomic E-state index is 13.2. The molecule has 4 nitrogen and oxygen atoms in total. The van der Waals surface area contributed by atoms with E-state index in [0.717, 1.165) is 27.8 Å². The first-order chi connectivity index (χ1) is 11.3. The lowest BCUT2D eigenvalue weighted by Gasteiger charge is -2.35. The number of carbonyl (C=O) groups excluding carboxylic acids is 2. The van der Waals surface area contributed by atoms with E-state index >= 15 is 0 Å². The molecule has 1 aromatic carbocycles. The van der Waals surface area contributed by atoms with Crippen molar-refractivity contribution in [3.05, 3.63) is 46.0 Å². The highest BCUT2D eigenvalue weighted by Gasteiger charge is 2.95. The number of rotatable bonds is 2. The highest BCUT2D eigenvalue weighted by atomic mass is 16.5. The van der Waals surface area contributed by atoms with E-state index in [2.05, 4.69) is 26.0 Å². The van der Waals surface area contributed by atoms with Crippen molar-refractivity contribution >= 4 is 11.9 Å². The maximum absolute atomic E-state index is 13.2. The van der Waals surface area contributed by atoms with Gasteiger partial charge < -0.3 is 9.47 Å². The zero-order valence-corrected chi connectivity index (χ0v) is 14.9. The Balaban J connectivity index is 2.20. The van der Waals surface area contributed by atoms with Gasteiger partial charge in [-0.05, 0) is 43.0 Å². The molecule has 0 saturated heterocycles. The van der Waals surface area contributed by atoms with Crippen LogP contribution in [0.3, 0.4) is 0 Å². The Bertz CT molecular complexity index is 851. The minimum absolute atomic E-state index is 0.0236. The smallest absolute Gasteiger partial charge is 0.321 e. The average molecular weight is 326 g/mol. The van der Waals surface area contributed by atoms with E-state index in [-0.39, 0.29) is 17.9 Å². The molecule has 1 saturated carbocycles. The van der Waals surface area contributed by atoms with Crippen molar-refractivity contribution in [3.8, 4) is 0 Å². The van der Waals surface area contributed by atoms with Crippen LogP contribution in [0.5, 0.6) is 0 Å². The molecule has 3 aliphatic rings. The number of fused-ring (bicyclic) bond motifs is 4. The second-order valence-electron chi connectivity index (χ2n) is 7.52. The summed E-state index contributed by atoms with van der Waals surface area (Å²) >= 11 is 0. The Labute approximate surface area is 141 Å². The number of methoxy groups -OCH3 is 2. The van der Waals surface area contributed by atoms with Crippen LogP contribution in [0.15, 0.2) is 23.8 Å². The number of carbonyl (C=O) groups is 2. The van der Waals surface area contributed by atoms with Crippen LogP contribution in [-0.4, -0.2) is 26.2 Å². The molecule has 126 valence electrons. The molecule has 1 aromatic rings. The summed E-state index contributed by atoms with van der Waals surface area (Å²) in [5.74, 6) is -0.701. The molecule has 0 spiro atoms. The summed E-state index contributed by atoms with van der Waals surface area (Å²) in [6.07, 6.45) is 2.09. The standard InChI is InChI=1S/C20H22O4/c1-10-7-8-11(2)15-14(10)18(4)13-9-12(3)19(15,16(21)23-5)20(13,18)17(22)24-6/h7-9,13H,1-6H3. The van der Waals surface area contributed by atoms with Crippen LogP contribution < -0.4 is 0 Å². The predicted molar refractivity (Wildman–Crippen MR) is 88.7 cm³/mol. The minimum atomic E-state index is -1.07. The zero-order valence-electron chi connectivity index (χ0n) is 14.9. The van der Waals surface area contributed by atoms with Gasteiger partial charge in [-0.1, -0.05) is 30.7 Å². The lowest BCUT2D eigenvalue weighted by Crippen LogP contribution is -2.49. The molecule has 4 rings (SSSR count). The van der Waals surface area contributed by atoms with Crippen LogP contribution in [0.4, 0.5) is 0 Å². The van der Waals surface area contributed by atoms with Crippen molar-refractivity contribution in [2.75, 3.05) is 14.2 Å². The second kappa shape index (κ2) is 4.11. The molecule has 1 fully saturated rings. The zero-order chi connectivity index (χ0) is 17.7. The van der Waals surface area contributed by atoms with Crippen molar-refractivity contribution < 1.29 is 19.1 Å². The van der Waals surface area contributed by atoms with Crippen molar-refractivity contribution in [2.24, 2.45) is 11.3 Å². The van der Waals surface area contributed by atoms with E-state index in [9.17, 15) is 9.59 Å². The number of hydrogen-bond acceptors (Lipinski definition) is 4. The van der Waals surface area contributed by atoms with Gasteiger partial charge in [-0.15, -0.1) is 0 Å². The highest BCUT2D eigenvalue weighted by molar-refractivity contribution is 6.07. The van der Waals surface area contributed by atoms with Gasteiger partial charge in [-0.2, -0.15) is 0 Å². The van der Waals surface area contributed by atoms with Crippen LogP contribution in [0.1, 0.15) is 36.1 Å². The summed E-state index contributed by atoms with van der Waals surface area (Å²) < 4.78 is 10.5. The molecule has 0 aromatic heterocycles. The van der Waals surface area contributed by atoms with Crippen molar-refractivity contribution in [1.82, 2.24) is 0 Å². The minimum Gasteiger partial charge on any atom is -0.469 e. The van der Waals surface area contributed by atoms with E-state index in [1.54, 1.807) is 0 Å². The summed E-state index contributed by atoms with van der Waals surface area (Å²) in [6, 6.07) is 4.10. The Morgan fingerprint density at radius 3 is 2.04 bits per heavy atom. The fourth-order valence-electron chi connectivity index (χ4n) is 6.19. The lowest BCUT2D eigenvalue weighted by molar-refractivity contribution is -0.160. The molecule has 0 amide bonds. The fraction of sp³-hybridized carbons (Fsp3) is 0.500. The summed E-state index contributed by atoms with van der Waals surface area (Å²) in [5, 5.41) is 0. The van der Waals surface area contributed by atoms with Crippen molar-refractivity contribution in [1.29, 1.82) is 0 Å². The number of esters is 2. The van der Waals surface area contributed by atoms with Crippen LogP contribution in [-0.2, 0) is 29.9 Å². The molecule has 4 heteroatoms. The summed E-state index contributed by atoms with van der Waals surface area (Å²) in [5.41, 5.74) is 2.70. The molecule has 0 radical (unpaired) electrons. The quantitative estimate of drug-likeness (QED) is 0.619. The summed E-state index contributed by atoms with van der Waals surface area (Å²) in [7, 11) is 2.80. The van der Waals surface area contributed by atoms with Gasteiger partial charge in [0, 0.05) is 11.3 Å². The van der Waals surface area contributed by atoms with Gasteiger partial charge in [0.25, 0.3) is 0 Å². The lowest BCUT2D eigenvalue weighted by atomic mass is 9.66. The number of ether oxygens (including phenoxy) is 2. The Morgan fingerprint density at radius 1 is 0.958 bits per heavy atom. The van der Waals surface area contributed by atoms with Crippen LogP contribution in [0, 0.1) is 25.2 Å². The largest absolute Gasteiger partial charge is 0.469 e. The van der Waals surface area contributed by atoms with E-state index in [4.69, 9.17) is 9.47 Å². The number of benzene rings is 1. The highest BCUT2D eigenvalue weighted by Crippen LogP contribution is 2.88. The predicted octanol–water partition coefficient (Wildman–Crippen LogP) is 2.73. The number of aryl methyl sites for hydroxylation is 2. The Kier molecular flexibility index (Phi) is 2.64. The maximum Gasteiger partial charge on any atom is 0.321 e. The van der Waals surface area contributed by atoms with Gasteiger partial charge in [-0.25, -0.2) is 0 Å². The van der Waals surface area contributed by atoms with Gasteiger partial charge in [0.15, 0.2) is 0 Å². The molecule has 3 aliphatic carbocycles. The molecule has 24 heavy (non-hydrogen) atoms. The van der Waals surface area contributed by atoms with Gasteiger partial charge in [0.2, 0.25) is 0 Å². The topological polar surface area (TPSA) is 52.6 Å².